The van der Waals surface area contributed by atoms with E-state index in [1.54, 1.807) is 0 Å². The van der Waals surface area contributed by atoms with Crippen LogP contribution in [0, 0.1) is 10.1 Å². The Labute approximate surface area is 145 Å². The van der Waals surface area contributed by atoms with E-state index in [-0.39, 0.29) is 22.2 Å². The number of hydrogen-bond donors (Lipinski definition) is 2. The number of nitrogens with one attached hydrogen (secondary N) is 2. The van der Waals surface area contributed by atoms with Gasteiger partial charge in [-0.05, 0) is 36.8 Å². The zero-order valence-electron chi connectivity index (χ0n) is 13.4. The number of nitrogens with zero attached hydrogens (tertiary/aromatic N) is 1. The van der Waals surface area contributed by atoms with Crippen LogP contribution >= 0.6 is 0 Å². The molecule has 0 saturated heterocycles. The van der Waals surface area contributed by atoms with Gasteiger partial charge in [0.2, 0.25) is 0 Å². The average molecular weight is 363 g/mol. The monoisotopic (exact) mass is 363 g/mol. The van der Waals surface area contributed by atoms with Crippen LogP contribution in [0.2, 0.25) is 0 Å². The summed E-state index contributed by atoms with van der Waals surface area (Å²) in [6, 6.07) is 10.7. The predicted octanol–water partition coefficient (Wildman–Crippen LogP) is 2.54. The lowest BCUT2D eigenvalue weighted by Gasteiger charge is -2.09. The SMILES string of the molecule is CCCNC(=O)c1ccc(NS(=O)(=O)c2cccc([N+](=O)[O-])c2)cc1. The van der Waals surface area contributed by atoms with Crippen molar-refractivity contribution >= 4 is 27.3 Å². The molecular weight excluding hydrogens is 346 g/mol. The number of carbonyl (C=O) groups is 1. The highest BCUT2D eigenvalue weighted by atomic mass is 32.2. The maximum absolute atomic E-state index is 12.3. The van der Waals surface area contributed by atoms with Crippen molar-refractivity contribution in [2.24, 2.45) is 0 Å². The Bertz CT molecular complexity index is 879. The number of amides is 1. The van der Waals surface area contributed by atoms with Crippen LogP contribution in [-0.4, -0.2) is 25.8 Å². The number of anilines is 1. The summed E-state index contributed by atoms with van der Waals surface area (Å²) in [6.07, 6.45) is 0.812. The number of rotatable bonds is 7. The second kappa shape index (κ2) is 7.75. The molecule has 0 aromatic heterocycles. The summed E-state index contributed by atoms with van der Waals surface area (Å²) >= 11 is 0. The maximum atomic E-state index is 12.3. The molecule has 0 saturated carbocycles. The topological polar surface area (TPSA) is 118 Å². The molecular formula is C16H17N3O5S. The molecule has 0 atom stereocenters. The van der Waals surface area contributed by atoms with Crippen LogP contribution in [0.4, 0.5) is 11.4 Å². The molecule has 0 fully saturated rings. The Morgan fingerprint density at radius 3 is 2.44 bits per heavy atom. The van der Waals surface area contributed by atoms with Crippen molar-refractivity contribution in [3.8, 4) is 0 Å². The largest absolute Gasteiger partial charge is 0.352 e. The second-order valence-corrected chi connectivity index (χ2v) is 6.88. The molecule has 0 aliphatic rings. The summed E-state index contributed by atoms with van der Waals surface area (Å²) in [5, 5.41) is 13.5. The fraction of sp³-hybridized carbons (Fsp3) is 0.188. The van der Waals surface area contributed by atoms with E-state index in [1.807, 2.05) is 6.92 Å². The third kappa shape index (κ3) is 4.77. The minimum Gasteiger partial charge on any atom is -0.352 e. The highest BCUT2D eigenvalue weighted by Crippen LogP contribution is 2.20. The van der Waals surface area contributed by atoms with Crippen molar-refractivity contribution in [1.29, 1.82) is 0 Å². The molecule has 0 aliphatic heterocycles. The lowest BCUT2D eigenvalue weighted by Crippen LogP contribution is -2.23. The number of non-ortho nitro benzene ring substituents is 1. The smallest absolute Gasteiger partial charge is 0.270 e. The van der Waals surface area contributed by atoms with Crippen LogP contribution in [0.1, 0.15) is 23.7 Å². The summed E-state index contributed by atoms with van der Waals surface area (Å²) in [7, 11) is -3.97. The summed E-state index contributed by atoms with van der Waals surface area (Å²) in [6.45, 7) is 2.49. The molecule has 0 bridgehead atoms. The Morgan fingerprint density at radius 2 is 1.84 bits per heavy atom. The van der Waals surface area contributed by atoms with Crippen molar-refractivity contribution in [3.63, 3.8) is 0 Å². The van der Waals surface area contributed by atoms with Crippen molar-refractivity contribution in [2.45, 2.75) is 18.2 Å². The minimum atomic E-state index is -3.97. The van der Waals surface area contributed by atoms with Crippen molar-refractivity contribution in [1.82, 2.24) is 5.32 Å². The minimum absolute atomic E-state index is 0.216. The molecule has 0 aliphatic carbocycles. The molecule has 0 spiro atoms. The lowest BCUT2D eigenvalue weighted by molar-refractivity contribution is -0.385. The number of benzene rings is 2. The molecule has 25 heavy (non-hydrogen) atoms. The van der Waals surface area contributed by atoms with Crippen LogP contribution in [-0.2, 0) is 10.0 Å². The van der Waals surface area contributed by atoms with E-state index in [2.05, 4.69) is 10.0 Å². The van der Waals surface area contributed by atoms with Gasteiger partial charge in [-0.3, -0.25) is 19.6 Å². The molecule has 9 heteroatoms. The lowest BCUT2D eigenvalue weighted by atomic mass is 10.2. The van der Waals surface area contributed by atoms with Gasteiger partial charge in [-0.25, -0.2) is 8.42 Å². The van der Waals surface area contributed by atoms with Crippen LogP contribution in [0.15, 0.2) is 53.4 Å². The van der Waals surface area contributed by atoms with Gasteiger partial charge in [0.1, 0.15) is 0 Å². The van der Waals surface area contributed by atoms with E-state index in [4.69, 9.17) is 0 Å². The van der Waals surface area contributed by atoms with Crippen molar-refractivity contribution < 1.29 is 18.1 Å². The molecule has 2 N–H and O–H groups in total. The van der Waals surface area contributed by atoms with Crippen molar-refractivity contribution in [2.75, 3.05) is 11.3 Å². The highest BCUT2D eigenvalue weighted by Gasteiger charge is 2.18. The van der Waals surface area contributed by atoms with Gasteiger partial charge in [0, 0.05) is 29.9 Å². The third-order valence-corrected chi connectivity index (χ3v) is 4.65. The van der Waals surface area contributed by atoms with Gasteiger partial charge < -0.3 is 5.32 Å². The van der Waals surface area contributed by atoms with Crippen LogP contribution in [0.3, 0.4) is 0 Å². The average Bonchev–Trinajstić information content (AvgIpc) is 2.60. The fourth-order valence-corrected chi connectivity index (χ4v) is 3.11. The predicted molar refractivity (Wildman–Crippen MR) is 93.0 cm³/mol. The second-order valence-electron chi connectivity index (χ2n) is 5.19. The van der Waals surface area contributed by atoms with E-state index >= 15 is 0 Å². The van der Waals surface area contributed by atoms with E-state index in [0.717, 1.165) is 12.5 Å². The number of hydrogen-bond acceptors (Lipinski definition) is 5. The van der Waals surface area contributed by atoms with Gasteiger partial charge in [-0.15, -0.1) is 0 Å². The van der Waals surface area contributed by atoms with Gasteiger partial charge in [-0.2, -0.15) is 0 Å². The Kier molecular flexibility index (Phi) is 5.71. The summed E-state index contributed by atoms with van der Waals surface area (Å²) in [5.41, 5.74) is 0.344. The molecule has 0 heterocycles. The normalized spacial score (nSPS) is 10.9. The molecule has 0 unspecified atom stereocenters. The van der Waals surface area contributed by atoms with Gasteiger partial charge in [0.25, 0.3) is 21.6 Å². The Balaban J connectivity index is 2.17. The molecule has 0 radical (unpaired) electrons. The first kappa shape index (κ1) is 18.4. The zero-order valence-corrected chi connectivity index (χ0v) is 14.2. The summed E-state index contributed by atoms with van der Waals surface area (Å²) in [4.78, 5) is 21.7. The number of sulfonamides is 1. The molecule has 1 amide bonds. The van der Waals surface area contributed by atoms with Gasteiger partial charge in [0.15, 0.2) is 0 Å². The number of nitro groups is 1. The molecule has 2 aromatic carbocycles. The summed E-state index contributed by atoms with van der Waals surface area (Å²) < 4.78 is 27.0. The van der Waals surface area contributed by atoms with Crippen molar-refractivity contribution in [3.05, 3.63) is 64.2 Å². The fourth-order valence-electron chi connectivity index (χ4n) is 2.01. The maximum Gasteiger partial charge on any atom is 0.270 e. The van der Waals surface area contributed by atoms with E-state index < -0.39 is 14.9 Å². The standard InChI is InChI=1S/C16H17N3O5S/c1-2-10-17-16(20)12-6-8-13(9-7-12)18-25(23,24)15-5-3-4-14(11-15)19(21)22/h3-9,11,18H,2,10H2,1H3,(H,17,20). The molecule has 2 aromatic rings. The van der Waals surface area contributed by atoms with E-state index in [1.165, 1.54) is 42.5 Å². The quantitative estimate of drug-likeness (QED) is 0.579. The van der Waals surface area contributed by atoms with Gasteiger partial charge >= 0.3 is 0 Å². The van der Waals surface area contributed by atoms with E-state index in [9.17, 15) is 23.3 Å². The van der Waals surface area contributed by atoms with E-state index in [0.29, 0.717) is 12.1 Å². The van der Waals surface area contributed by atoms with Crippen LogP contribution < -0.4 is 10.0 Å². The highest BCUT2D eigenvalue weighted by molar-refractivity contribution is 7.92. The molecule has 2 rings (SSSR count). The first-order valence-corrected chi connectivity index (χ1v) is 8.97. The molecule has 132 valence electrons. The van der Waals surface area contributed by atoms with Gasteiger partial charge in [0.05, 0.1) is 9.82 Å². The number of carbonyl (C=O) groups excluding carboxylic acids is 1. The Hall–Kier alpha value is -2.94. The first-order valence-electron chi connectivity index (χ1n) is 7.49. The third-order valence-electron chi connectivity index (χ3n) is 3.27. The molecule has 8 nitrogen and oxygen atoms in total. The first-order chi connectivity index (χ1) is 11.8. The zero-order chi connectivity index (χ0) is 18.4. The van der Waals surface area contributed by atoms with Crippen LogP contribution in [0.5, 0.6) is 0 Å². The Morgan fingerprint density at radius 1 is 1.16 bits per heavy atom. The van der Waals surface area contributed by atoms with Gasteiger partial charge in [-0.1, -0.05) is 13.0 Å². The van der Waals surface area contributed by atoms with Crippen LogP contribution in [0.25, 0.3) is 0 Å². The summed E-state index contributed by atoms with van der Waals surface area (Å²) in [5.74, 6) is -0.241. The number of nitro benzene ring substituents is 1.